The number of hydrogen-bond donors (Lipinski definition) is 2. The van der Waals surface area contributed by atoms with Crippen molar-refractivity contribution in [3.63, 3.8) is 0 Å². The van der Waals surface area contributed by atoms with Crippen LogP contribution in [0.3, 0.4) is 0 Å². The molecule has 0 aliphatic carbocycles. The van der Waals surface area contributed by atoms with E-state index in [2.05, 4.69) is 39.6 Å². The molecule has 0 bridgehead atoms. The van der Waals surface area contributed by atoms with Gasteiger partial charge in [0.15, 0.2) is 0 Å². The Morgan fingerprint density at radius 1 is 1.29 bits per heavy atom. The van der Waals surface area contributed by atoms with E-state index in [0.717, 1.165) is 25.0 Å². The largest absolute Gasteiger partial charge is 0.481 e. The minimum Gasteiger partial charge on any atom is -0.481 e. The van der Waals surface area contributed by atoms with Crippen molar-refractivity contribution in [2.24, 2.45) is 11.8 Å². The van der Waals surface area contributed by atoms with Crippen LogP contribution in [0.5, 0.6) is 0 Å². The third-order valence-corrected chi connectivity index (χ3v) is 2.66. The van der Waals surface area contributed by atoms with E-state index in [1.807, 2.05) is 0 Å². The molecule has 17 heavy (non-hydrogen) atoms. The van der Waals surface area contributed by atoms with Crippen LogP contribution in [0.4, 0.5) is 0 Å². The van der Waals surface area contributed by atoms with Crippen LogP contribution < -0.4 is 5.32 Å². The highest BCUT2D eigenvalue weighted by Gasteiger charge is 2.15. The molecular formula is C14H27NO2. The SMILES string of the molecule is C=C(CC(C)CCC(C)C(=O)O)NC(C)(C)C. The predicted molar refractivity (Wildman–Crippen MR) is 71.8 cm³/mol. The molecule has 0 aromatic rings. The van der Waals surface area contributed by atoms with E-state index >= 15 is 0 Å². The Morgan fingerprint density at radius 3 is 2.24 bits per heavy atom. The van der Waals surface area contributed by atoms with E-state index in [0.29, 0.717) is 5.92 Å². The second-order valence-electron chi connectivity index (χ2n) is 6.10. The first kappa shape index (κ1) is 16.0. The lowest BCUT2D eigenvalue weighted by molar-refractivity contribution is -0.141. The molecule has 0 aromatic heterocycles. The highest BCUT2D eigenvalue weighted by atomic mass is 16.4. The van der Waals surface area contributed by atoms with Gasteiger partial charge in [0.05, 0.1) is 5.92 Å². The number of allylic oxidation sites excluding steroid dienone is 1. The fourth-order valence-electron chi connectivity index (χ4n) is 1.76. The smallest absolute Gasteiger partial charge is 0.306 e. The molecule has 0 aliphatic heterocycles. The number of hydrogen-bond acceptors (Lipinski definition) is 2. The van der Waals surface area contributed by atoms with Gasteiger partial charge < -0.3 is 10.4 Å². The molecule has 0 aromatic carbocycles. The zero-order valence-corrected chi connectivity index (χ0v) is 11.8. The molecule has 3 heteroatoms. The maximum Gasteiger partial charge on any atom is 0.306 e. The van der Waals surface area contributed by atoms with E-state index in [9.17, 15) is 4.79 Å². The van der Waals surface area contributed by atoms with Crippen LogP contribution in [-0.4, -0.2) is 16.6 Å². The number of rotatable bonds is 7. The van der Waals surface area contributed by atoms with E-state index in [1.165, 1.54) is 0 Å². The lowest BCUT2D eigenvalue weighted by Crippen LogP contribution is -2.35. The van der Waals surface area contributed by atoms with Crippen molar-refractivity contribution in [2.75, 3.05) is 0 Å². The molecule has 2 N–H and O–H groups in total. The molecule has 0 saturated carbocycles. The molecule has 0 rings (SSSR count). The van der Waals surface area contributed by atoms with Crippen LogP contribution in [0, 0.1) is 11.8 Å². The summed E-state index contributed by atoms with van der Waals surface area (Å²) >= 11 is 0. The molecule has 0 fully saturated rings. The van der Waals surface area contributed by atoms with Crippen LogP contribution in [0.2, 0.25) is 0 Å². The Kier molecular flexibility index (Phi) is 6.29. The molecule has 0 saturated heterocycles. The summed E-state index contributed by atoms with van der Waals surface area (Å²) in [6, 6.07) is 0. The molecular weight excluding hydrogens is 214 g/mol. The fraction of sp³-hybridized carbons (Fsp3) is 0.786. The molecule has 2 atom stereocenters. The molecule has 0 amide bonds. The van der Waals surface area contributed by atoms with Crippen molar-refractivity contribution in [3.05, 3.63) is 12.3 Å². The quantitative estimate of drug-likeness (QED) is 0.718. The lowest BCUT2D eigenvalue weighted by atomic mass is 9.94. The summed E-state index contributed by atoms with van der Waals surface area (Å²) in [6.07, 6.45) is 2.57. The van der Waals surface area contributed by atoms with Crippen molar-refractivity contribution in [3.8, 4) is 0 Å². The Bertz CT molecular complexity index is 266. The van der Waals surface area contributed by atoms with Gasteiger partial charge in [-0.15, -0.1) is 0 Å². The number of nitrogens with one attached hydrogen (secondary N) is 1. The van der Waals surface area contributed by atoms with Crippen molar-refractivity contribution in [1.29, 1.82) is 0 Å². The molecule has 0 aliphatic rings. The minimum atomic E-state index is -0.705. The third kappa shape index (κ3) is 8.78. The first-order chi connectivity index (χ1) is 7.61. The second-order valence-corrected chi connectivity index (χ2v) is 6.10. The van der Waals surface area contributed by atoms with Crippen molar-refractivity contribution < 1.29 is 9.90 Å². The summed E-state index contributed by atoms with van der Waals surface area (Å²) in [5.41, 5.74) is 1.08. The number of aliphatic carboxylic acids is 1. The lowest BCUT2D eigenvalue weighted by Gasteiger charge is -2.25. The van der Waals surface area contributed by atoms with E-state index in [4.69, 9.17) is 5.11 Å². The molecule has 3 nitrogen and oxygen atoms in total. The molecule has 0 heterocycles. The van der Waals surface area contributed by atoms with E-state index in [1.54, 1.807) is 6.92 Å². The fourth-order valence-corrected chi connectivity index (χ4v) is 1.76. The van der Waals surface area contributed by atoms with Crippen LogP contribution in [-0.2, 0) is 4.79 Å². The zero-order valence-electron chi connectivity index (χ0n) is 11.8. The van der Waals surface area contributed by atoms with Gasteiger partial charge in [0.1, 0.15) is 0 Å². The monoisotopic (exact) mass is 241 g/mol. The van der Waals surface area contributed by atoms with Gasteiger partial charge in [0.2, 0.25) is 0 Å². The summed E-state index contributed by atoms with van der Waals surface area (Å²) in [5.74, 6) is -0.482. The number of carbonyl (C=O) groups is 1. The second kappa shape index (κ2) is 6.67. The Hall–Kier alpha value is -0.990. The topological polar surface area (TPSA) is 49.3 Å². The summed E-state index contributed by atoms with van der Waals surface area (Å²) in [5, 5.41) is 12.1. The van der Waals surface area contributed by atoms with E-state index < -0.39 is 5.97 Å². The van der Waals surface area contributed by atoms with Crippen LogP contribution >= 0.6 is 0 Å². The van der Waals surface area contributed by atoms with Gasteiger partial charge in [-0.3, -0.25) is 4.79 Å². The maximum atomic E-state index is 10.7. The van der Waals surface area contributed by atoms with Gasteiger partial charge in [-0.1, -0.05) is 20.4 Å². The highest BCUT2D eigenvalue weighted by Crippen LogP contribution is 2.19. The summed E-state index contributed by atoms with van der Waals surface area (Å²) in [4.78, 5) is 10.7. The number of carboxylic acids is 1. The van der Waals surface area contributed by atoms with Gasteiger partial charge in [0.25, 0.3) is 0 Å². The van der Waals surface area contributed by atoms with Gasteiger partial charge in [-0.05, 0) is 46.0 Å². The Balaban J connectivity index is 3.90. The highest BCUT2D eigenvalue weighted by molar-refractivity contribution is 5.69. The van der Waals surface area contributed by atoms with Crippen LogP contribution in [0.15, 0.2) is 12.3 Å². The summed E-state index contributed by atoms with van der Waals surface area (Å²) in [6.45, 7) is 14.2. The normalized spacial score (nSPS) is 15.1. The van der Waals surface area contributed by atoms with Crippen molar-refractivity contribution in [2.45, 2.75) is 59.4 Å². The molecule has 100 valence electrons. The van der Waals surface area contributed by atoms with Crippen molar-refractivity contribution in [1.82, 2.24) is 5.32 Å². The molecule has 0 radical (unpaired) electrons. The average molecular weight is 241 g/mol. The first-order valence-electron chi connectivity index (χ1n) is 6.30. The Morgan fingerprint density at radius 2 is 1.82 bits per heavy atom. The number of carboxylic acid groups (broad SMARTS) is 1. The first-order valence-corrected chi connectivity index (χ1v) is 6.30. The van der Waals surface area contributed by atoms with Gasteiger partial charge in [0, 0.05) is 11.2 Å². The van der Waals surface area contributed by atoms with E-state index in [-0.39, 0.29) is 11.5 Å². The van der Waals surface area contributed by atoms with Gasteiger partial charge in [-0.2, -0.15) is 0 Å². The van der Waals surface area contributed by atoms with Gasteiger partial charge >= 0.3 is 5.97 Å². The maximum absolute atomic E-state index is 10.7. The molecule has 2 unspecified atom stereocenters. The molecule has 0 spiro atoms. The summed E-state index contributed by atoms with van der Waals surface area (Å²) in [7, 11) is 0. The third-order valence-electron chi connectivity index (χ3n) is 2.66. The van der Waals surface area contributed by atoms with Crippen LogP contribution in [0.25, 0.3) is 0 Å². The van der Waals surface area contributed by atoms with Gasteiger partial charge in [-0.25, -0.2) is 0 Å². The zero-order chi connectivity index (χ0) is 13.6. The standard InChI is InChI=1S/C14H27NO2/c1-10(7-8-11(2)13(16)17)9-12(3)15-14(4,5)6/h10-11,15H,3,7-9H2,1-2,4-6H3,(H,16,17). The average Bonchev–Trinajstić information content (AvgIpc) is 2.10. The minimum absolute atomic E-state index is 0.0468. The predicted octanol–water partition coefficient (Wildman–Crippen LogP) is 3.42. The van der Waals surface area contributed by atoms with Crippen LogP contribution in [0.1, 0.15) is 53.9 Å². The summed E-state index contributed by atoms with van der Waals surface area (Å²) < 4.78 is 0. The van der Waals surface area contributed by atoms with Crippen molar-refractivity contribution >= 4 is 5.97 Å². The Labute approximate surface area is 105 Å².